The number of likely N-dealkylation sites (tertiary alicyclic amines) is 1. The molecule has 2 atom stereocenters. The highest BCUT2D eigenvalue weighted by molar-refractivity contribution is 5.79. The van der Waals surface area contributed by atoms with E-state index in [1.807, 2.05) is 0 Å². The van der Waals surface area contributed by atoms with Crippen LogP contribution in [0.1, 0.15) is 32.6 Å². The molecule has 2 aliphatic rings. The summed E-state index contributed by atoms with van der Waals surface area (Å²) in [5, 5.41) is 6.45. The molecule has 1 unspecified atom stereocenters. The summed E-state index contributed by atoms with van der Waals surface area (Å²) in [5.41, 5.74) is 0. The van der Waals surface area contributed by atoms with Crippen molar-refractivity contribution in [3.05, 3.63) is 0 Å². The lowest BCUT2D eigenvalue weighted by molar-refractivity contribution is -0.126. The number of piperidine rings is 1. The lowest BCUT2D eigenvalue weighted by Gasteiger charge is -2.26. The molecule has 2 N–H and O–H groups in total. The van der Waals surface area contributed by atoms with E-state index in [0.717, 1.165) is 32.5 Å². The standard InChI is InChI=1S/C13H25N3O/c1-11(10-16-7-2-3-8-16)15-13(17)12-5-4-6-14-9-12/h11-12,14H,2-10H2,1H3,(H,15,17)/t11?,12-/m1/s1. The second-order valence-electron chi connectivity index (χ2n) is 5.46. The van der Waals surface area contributed by atoms with Gasteiger partial charge in [0.15, 0.2) is 0 Å². The minimum absolute atomic E-state index is 0.185. The largest absolute Gasteiger partial charge is 0.352 e. The zero-order valence-electron chi connectivity index (χ0n) is 10.9. The second-order valence-corrected chi connectivity index (χ2v) is 5.46. The summed E-state index contributed by atoms with van der Waals surface area (Å²) < 4.78 is 0. The second kappa shape index (κ2) is 6.36. The van der Waals surface area contributed by atoms with Crippen molar-refractivity contribution in [3.8, 4) is 0 Å². The Morgan fingerprint density at radius 2 is 2.18 bits per heavy atom. The van der Waals surface area contributed by atoms with E-state index in [4.69, 9.17) is 0 Å². The molecule has 2 fully saturated rings. The smallest absolute Gasteiger partial charge is 0.224 e. The van der Waals surface area contributed by atoms with Gasteiger partial charge in [0.1, 0.15) is 0 Å². The van der Waals surface area contributed by atoms with Crippen LogP contribution in [0, 0.1) is 5.92 Å². The summed E-state index contributed by atoms with van der Waals surface area (Å²) in [7, 11) is 0. The van der Waals surface area contributed by atoms with E-state index in [-0.39, 0.29) is 17.9 Å². The minimum Gasteiger partial charge on any atom is -0.352 e. The third kappa shape index (κ3) is 3.96. The Kier molecular flexibility index (Phi) is 4.80. The first-order valence-corrected chi connectivity index (χ1v) is 6.99. The molecule has 4 heteroatoms. The first kappa shape index (κ1) is 12.8. The van der Waals surface area contributed by atoms with Gasteiger partial charge in [0.25, 0.3) is 0 Å². The summed E-state index contributed by atoms with van der Waals surface area (Å²) in [6.07, 6.45) is 4.79. The maximum atomic E-state index is 12.0. The van der Waals surface area contributed by atoms with Gasteiger partial charge in [0.2, 0.25) is 5.91 Å². The van der Waals surface area contributed by atoms with Gasteiger partial charge in [-0.25, -0.2) is 0 Å². The van der Waals surface area contributed by atoms with Crippen LogP contribution < -0.4 is 10.6 Å². The van der Waals surface area contributed by atoms with Crippen LogP contribution in [0.2, 0.25) is 0 Å². The lowest BCUT2D eigenvalue weighted by atomic mass is 9.98. The minimum atomic E-state index is 0.185. The van der Waals surface area contributed by atoms with Crippen LogP contribution in [0.4, 0.5) is 0 Å². The average molecular weight is 239 g/mol. The molecule has 0 spiro atoms. The highest BCUT2D eigenvalue weighted by Crippen LogP contribution is 2.11. The molecule has 98 valence electrons. The molecule has 0 aliphatic carbocycles. The van der Waals surface area contributed by atoms with E-state index in [0.29, 0.717) is 0 Å². The Balaban J connectivity index is 1.69. The fourth-order valence-electron chi connectivity index (χ4n) is 2.83. The molecule has 0 radical (unpaired) electrons. The topological polar surface area (TPSA) is 44.4 Å². The van der Waals surface area contributed by atoms with Crippen molar-refractivity contribution in [2.45, 2.75) is 38.6 Å². The van der Waals surface area contributed by atoms with Crippen LogP contribution in [0.5, 0.6) is 0 Å². The summed E-state index contributed by atoms with van der Waals surface area (Å²) in [6, 6.07) is 0.280. The predicted molar refractivity (Wildman–Crippen MR) is 68.9 cm³/mol. The number of carbonyl (C=O) groups excluding carboxylic acids is 1. The summed E-state index contributed by atoms with van der Waals surface area (Å²) in [6.45, 7) is 7.43. The first-order chi connectivity index (χ1) is 8.25. The van der Waals surface area contributed by atoms with E-state index in [9.17, 15) is 4.79 Å². The van der Waals surface area contributed by atoms with Crippen LogP contribution in [-0.2, 0) is 4.79 Å². The van der Waals surface area contributed by atoms with Crippen LogP contribution >= 0.6 is 0 Å². The molecule has 0 aromatic carbocycles. The van der Waals surface area contributed by atoms with Crippen molar-refractivity contribution in [1.82, 2.24) is 15.5 Å². The number of rotatable bonds is 4. The van der Waals surface area contributed by atoms with Crippen LogP contribution in [0.3, 0.4) is 0 Å². The van der Waals surface area contributed by atoms with Crippen LogP contribution in [0.15, 0.2) is 0 Å². The van der Waals surface area contributed by atoms with Crippen LogP contribution in [-0.4, -0.2) is 49.6 Å². The Labute approximate surface area is 104 Å². The van der Waals surface area contributed by atoms with E-state index >= 15 is 0 Å². The SMILES string of the molecule is CC(CN1CCCC1)NC(=O)[C@@H]1CCCNC1. The number of nitrogens with zero attached hydrogens (tertiary/aromatic N) is 1. The molecular weight excluding hydrogens is 214 g/mol. The third-order valence-corrected chi connectivity index (χ3v) is 3.79. The number of hydrogen-bond acceptors (Lipinski definition) is 3. The molecule has 1 amide bonds. The van der Waals surface area contributed by atoms with E-state index in [1.165, 1.54) is 25.9 Å². The highest BCUT2D eigenvalue weighted by Gasteiger charge is 2.23. The molecule has 2 rings (SSSR count). The quantitative estimate of drug-likeness (QED) is 0.754. The van der Waals surface area contributed by atoms with Gasteiger partial charge in [-0.15, -0.1) is 0 Å². The summed E-state index contributed by atoms with van der Waals surface area (Å²) in [5.74, 6) is 0.425. The van der Waals surface area contributed by atoms with Gasteiger partial charge in [0.05, 0.1) is 5.92 Å². The first-order valence-electron chi connectivity index (χ1n) is 6.99. The zero-order chi connectivity index (χ0) is 12.1. The maximum Gasteiger partial charge on any atom is 0.224 e. The number of carbonyl (C=O) groups is 1. The predicted octanol–water partition coefficient (Wildman–Crippen LogP) is 0.587. The summed E-state index contributed by atoms with van der Waals surface area (Å²) >= 11 is 0. The van der Waals surface area contributed by atoms with Gasteiger partial charge < -0.3 is 15.5 Å². The van der Waals surface area contributed by atoms with Gasteiger partial charge in [-0.1, -0.05) is 0 Å². The molecule has 17 heavy (non-hydrogen) atoms. The molecular formula is C13H25N3O. The molecule has 0 aromatic heterocycles. The molecule has 2 saturated heterocycles. The monoisotopic (exact) mass is 239 g/mol. The third-order valence-electron chi connectivity index (χ3n) is 3.79. The van der Waals surface area contributed by atoms with E-state index < -0.39 is 0 Å². The van der Waals surface area contributed by atoms with Crippen molar-refractivity contribution in [1.29, 1.82) is 0 Å². The number of nitrogens with one attached hydrogen (secondary N) is 2. The van der Waals surface area contributed by atoms with E-state index in [2.05, 4.69) is 22.5 Å². The van der Waals surface area contributed by atoms with Gasteiger partial charge >= 0.3 is 0 Å². The van der Waals surface area contributed by atoms with Crippen molar-refractivity contribution in [2.24, 2.45) is 5.92 Å². The zero-order valence-corrected chi connectivity index (χ0v) is 10.9. The van der Waals surface area contributed by atoms with Gasteiger partial charge in [-0.2, -0.15) is 0 Å². The van der Waals surface area contributed by atoms with Crippen molar-refractivity contribution >= 4 is 5.91 Å². The maximum absolute atomic E-state index is 12.0. The molecule has 2 aliphatic heterocycles. The van der Waals surface area contributed by atoms with Gasteiger partial charge in [-0.3, -0.25) is 4.79 Å². The van der Waals surface area contributed by atoms with Gasteiger partial charge in [-0.05, 0) is 52.2 Å². The van der Waals surface area contributed by atoms with Gasteiger partial charge in [0, 0.05) is 19.1 Å². The average Bonchev–Trinajstić information content (AvgIpc) is 2.82. The number of amides is 1. The molecule has 2 heterocycles. The molecule has 0 saturated carbocycles. The number of hydrogen-bond donors (Lipinski definition) is 2. The fraction of sp³-hybridized carbons (Fsp3) is 0.923. The van der Waals surface area contributed by atoms with Crippen molar-refractivity contribution in [3.63, 3.8) is 0 Å². The van der Waals surface area contributed by atoms with E-state index in [1.54, 1.807) is 0 Å². The Morgan fingerprint density at radius 3 is 2.82 bits per heavy atom. The van der Waals surface area contributed by atoms with Crippen molar-refractivity contribution < 1.29 is 4.79 Å². The molecule has 0 aromatic rings. The Bertz CT molecular complexity index is 245. The lowest BCUT2D eigenvalue weighted by Crippen LogP contribution is -2.46. The van der Waals surface area contributed by atoms with Crippen molar-refractivity contribution in [2.75, 3.05) is 32.7 Å². The Morgan fingerprint density at radius 1 is 1.41 bits per heavy atom. The highest BCUT2D eigenvalue weighted by atomic mass is 16.2. The fourth-order valence-corrected chi connectivity index (χ4v) is 2.83. The van der Waals surface area contributed by atoms with Crippen LogP contribution in [0.25, 0.3) is 0 Å². The molecule has 4 nitrogen and oxygen atoms in total. The normalized spacial score (nSPS) is 27.9. The Hall–Kier alpha value is -0.610. The molecule has 0 bridgehead atoms. The summed E-state index contributed by atoms with van der Waals surface area (Å²) in [4.78, 5) is 14.5.